The number of ether oxygens (including phenoxy) is 1. The van der Waals surface area contributed by atoms with Crippen LogP contribution in [0.4, 0.5) is 0 Å². The van der Waals surface area contributed by atoms with Crippen molar-refractivity contribution in [2.75, 3.05) is 20.2 Å². The fourth-order valence-electron chi connectivity index (χ4n) is 5.61. The number of aromatic amines is 1. The number of furan rings is 1. The van der Waals surface area contributed by atoms with E-state index in [1.807, 2.05) is 57.2 Å². The summed E-state index contributed by atoms with van der Waals surface area (Å²) in [7, 11) is 1.59. The molecule has 0 radical (unpaired) electrons. The first-order chi connectivity index (χ1) is 22.1. The van der Waals surface area contributed by atoms with Crippen molar-refractivity contribution in [2.45, 2.75) is 44.0 Å². The highest BCUT2D eigenvalue weighted by atomic mass is 79.9. The minimum atomic E-state index is -0.786. The molecule has 1 aliphatic rings. The van der Waals surface area contributed by atoms with Gasteiger partial charge in [-0.1, -0.05) is 41.7 Å². The van der Waals surface area contributed by atoms with Crippen LogP contribution in [0.5, 0.6) is 5.75 Å². The van der Waals surface area contributed by atoms with Gasteiger partial charge in [0.2, 0.25) is 0 Å². The Morgan fingerprint density at radius 3 is 2.65 bits per heavy atom. The molecular formula is C33H30BrN5O5S2. The zero-order chi connectivity index (χ0) is 32.7. The van der Waals surface area contributed by atoms with Crippen LogP contribution >= 0.6 is 39.0 Å². The number of aromatic nitrogens is 3. The number of thiazole rings is 1. The molecular weight excluding hydrogens is 690 g/mol. The lowest BCUT2D eigenvalue weighted by Gasteiger charge is -2.30. The van der Waals surface area contributed by atoms with Crippen LogP contribution in [0.1, 0.15) is 43.8 Å². The van der Waals surface area contributed by atoms with E-state index >= 15 is 0 Å². The number of carbonyl (C=O) groups is 1. The summed E-state index contributed by atoms with van der Waals surface area (Å²) in [6.07, 6.45) is 1.66. The number of likely N-dealkylation sites (N-methyl/N-ethyl adjacent to an activating group) is 1. The van der Waals surface area contributed by atoms with Gasteiger partial charge in [0.15, 0.2) is 15.1 Å². The van der Waals surface area contributed by atoms with Gasteiger partial charge in [-0.05, 0) is 78.3 Å². The third-order valence-electron chi connectivity index (χ3n) is 7.71. The lowest BCUT2D eigenvalue weighted by Crippen LogP contribution is -2.43. The van der Waals surface area contributed by atoms with E-state index in [0.29, 0.717) is 65.6 Å². The van der Waals surface area contributed by atoms with Crippen LogP contribution < -0.4 is 25.2 Å². The highest BCUT2D eigenvalue weighted by Gasteiger charge is 2.36. The fraction of sp³-hybridized carbons (Fsp3) is 0.242. The van der Waals surface area contributed by atoms with Gasteiger partial charge in [-0.25, -0.2) is 9.98 Å². The first kappa shape index (κ1) is 31.8. The molecule has 13 heteroatoms. The van der Waals surface area contributed by atoms with Crippen LogP contribution in [0.25, 0.3) is 16.8 Å². The first-order valence-corrected chi connectivity index (χ1v) is 17.0. The number of benzene rings is 2. The van der Waals surface area contributed by atoms with Crippen molar-refractivity contribution in [1.82, 2.24) is 19.4 Å². The molecule has 5 aromatic rings. The van der Waals surface area contributed by atoms with Gasteiger partial charge in [0.25, 0.3) is 17.0 Å². The highest BCUT2D eigenvalue weighted by Crippen LogP contribution is 2.40. The molecule has 1 N–H and O–H groups in total. The number of allylic oxidation sites excluding steroid dienone is 1. The van der Waals surface area contributed by atoms with Crippen molar-refractivity contribution in [3.8, 4) is 5.75 Å². The molecule has 10 nitrogen and oxygen atoms in total. The lowest BCUT2D eigenvalue weighted by molar-refractivity contribution is -0.127. The summed E-state index contributed by atoms with van der Waals surface area (Å²) in [5.41, 5.74) is 1.71. The average molecular weight is 721 g/mol. The summed E-state index contributed by atoms with van der Waals surface area (Å²) in [5.74, 6) is 0.807. The molecule has 1 amide bonds. The molecule has 0 bridgehead atoms. The summed E-state index contributed by atoms with van der Waals surface area (Å²) < 4.78 is 14.6. The van der Waals surface area contributed by atoms with Crippen LogP contribution in [-0.2, 0) is 4.79 Å². The average Bonchev–Trinajstić information content (AvgIpc) is 3.52. The van der Waals surface area contributed by atoms with Gasteiger partial charge < -0.3 is 19.0 Å². The van der Waals surface area contributed by atoms with Gasteiger partial charge in [-0.3, -0.25) is 19.0 Å². The number of halogens is 1. The Hall–Kier alpha value is -4.20. The Bertz CT molecular complexity index is 2280. The Kier molecular flexibility index (Phi) is 8.90. The summed E-state index contributed by atoms with van der Waals surface area (Å²) in [5, 5.41) is 2.69. The van der Waals surface area contributed by atoms with Crippen molar-refractivity contribution >= 4 is 61.8 Å². The smallest absolute Gasteiger partial charge is 0.271 e. The second kappa shape index (κ2) is 12.9. The maximum atomic E-state index is 14.4. The third kappa shape index (κ3) is 5.78. The van der Waals surface area contributed by atoms with Gasteiger partial charge >= 0.3 is 0 Å². The summed E-state index contributed by atoms with van der Waals surface area (Å²) in [6.45, 7) is 8.44. The number of carbonyl (C=O) groups excluding carboxylic acids is 1. The molecule has 0 spiro atoms. The van der Waals surface area contributed by atoms with E-state index in [4.69, 9.17) is 14.1 Å². The summed E-state index contributed by atoms with van der Waals surface area (Å²) in [6, 6.07) is 14.1. The van der Waals surface area contributed by atoms with E-state index < -0.39 is 6.04 Å². The number of nitrogens with zero attached hydrogens (tertiary/aromatic N) is 4. The predicted octanol–water partition coefficient (Wildman–Crippen LogP) is 5.16. The second-order valence-electron chi connectivity index (χ2n) is 10.5. The molecule has 0 fully saturated rings. The number of aryl methyl sites for hydroxylation is 1. The number of rotatable bonds is 8. The second-order valence-corrected chi connectivity index (χ2v) is 13.4. The molecule has 3 aromatic heterocycles. The van der Waals surface area contributed by atoms with Crippen molar-refractivity contribution in [3.63, 3.8) is 0 Å². The quantitative estimate of drug-likeness (QED) is 0.220. The number of fused-ring (bicyclic) bond motifs is 2. The van der Waals surface area contributed by atoms with Crippen molar-refractivity contribution in [3.05, 3.63) is 111 Å². The molecule has 0 saturated carbocycles. The molecule has 1 aliphatic heterocycles. The number of H-pyrrole nitrogens is 1. The van der Waals surface area contributed by atoms with Gasteiger partial charge in [-0.15, -0.1) is 0 Å². The van der Waals surface area contributed by atoms with E-state index in [0.717, 1.165) is 28.1 Å². The van der Waals surface area contributed by atoms with Crippen LogP contribution in [0.2, 0.25) is 0 Å². The Balaban J connectivity index is 1.54. The van der Waals surface area contributed by atoms with E-state index in [1.165, 1.54) is 17.4 Å². The minimum Gasteiger partial charge on any atom is -0.496 e. The number of nitrogens with one attached hydrogen (secondary N) is 1. The molecule has 46 heavy (non-hydrogen) atoms. The largest absolute Gasteiger partial charge is 0.496 e. The molecule has 6 rings (SSSR count). The zero-order valence-corrected chi connectivity index (χ0v) is 28.9. The Morgan fingerprint density at radius 1 is 1.17 bits per heavy atom. The first-order valence-electron chi connectivity index (χ1n) is 14.6. The molecule has 1 atom stereocenters. The minimum absolute atomic E-state index is 0.181. The van der Waals surface area contributed by atoms with Gasteiger partial charge in [0, 0.05) is 36.5 Å². The predicted molar refractivity (Wildman–Crippen MR) is 182 cm³/mol. The maximum absolute atomic E-state index is 14.4. The fourth-order valence-corrected chi connectivity index (χ4v) is 8.00. The van der Waals surface area contributed by atoms with Gasteiger partial charge in [-0.2, -0.15) is 0 Å². The SMILES string of the molecule is CCN(CC)C(=O)C1=C(C)N=c2s/c(=C\c3cc(Br)c(Sc4nc(C)cc(=O)[nH]4)o3)c(=O)n2[C@H]1c1c(OC)ccc2ccccc12. The van der Waals surface area contributed by atoms with Crippen molar-refractivity contribution in [1.29, 1.82) is 0 Å². The molecule has 2 aromatic carbocycles. The molecule has 236 valence electrons. The van der Waals surface area contributed by atoms with E-state index in [1.54, 1.807) is 35.6 Å². The number of hydrogen-bond acceptors (Lipinski definition) is 9. The number of methoxy groups -OCH3 is 1. The molecule has 0 aliphatic carbocycles. The molecule has 0 unspecified atom stereocenters. The van der Waals surface area contributed by atoms with Crippen molar-refractivity contribution < 1.29 is 13.9 Å². The third-order valence-corrected chi connectivity index (χ3v) is 10.4. The molecule has 0 saturated heterocycles. The topological polar surface area (TPSA) is 123 Å². The monoisotopic (exact) mass is 719 g/mol. The number of amides is 1. The van der Waals surface area contributed by atoms with E-state index in [-0.39, 0.29) is 17.0 Å². The molecule has 4 heterocycles. The van der Waals surface area contributed by atoms with Crippen LogP contribution in [0, 0.1) is 6.92 Å². The van der Waals surface area contributed by atoms with Gasteiger partial charge in [0.05, 0.1) is 27.4 Å². The number of hydrogen-bond donors (Lipinski definition) is 1. The van der Waals surface area contributed by atoms with Crippen LogP contribution in [-0.4, -0.2) is 45.5 Å². The van der Waals surface area contributed by atoms with Crippen molar-refractivity contribution in [2.24, 2.45) is 4.99 Å². The lowest BCUT2D eigenvalue weighted by atomic mass is 9.90. The van der Waals surface area contributed by atoms with Gasteiger partial charge in [0.1, 0.15) is 17.6 Å². The van der Waals surface area contributed by atoms with E-state index in [9.17, 15) is 14.4 Å². The van der Waals surface area contributed by atoms with Crippen LogP contribution in [0.15, 0.2) is 93.5 Å². The normalized spacial score (nSPS) is 14.8. The highest BCUT2D eigenvalue weighted by molar-refractivity contribution is 9.10. The summed E-state index contributed by atoms with van der Waals surface area (Å²) in [4.78, 5) is 54.5. The maximum Gasteiger partial charge on any atom is 0.271 e. The Labute approximate surface area is 280 Å². The van der Waals surface area contributed by atoms with E-state index in [2.05, 4.69) is 25.9 Å². The zero-order valence-electron chi connectivity index (χ0n) is 25.7. The standard InChI is InChI=1S/C33H30BrN5O5S2/c1-6-38(7-2)30(42)26-18(4)36-33-39(28(26)27-21-11-9-8-10-19(21)12-13-23(27)43-5)29(41)24(45-33)16-20-15-22(34)31(44-20)46-32-35-17(3)14-25(40)37-32/h8-16,28H,6-7H2,1-5H3,(H,35,37,40)/b24-16-/t28-/m1/s1. The Morgan fingerprint density at radius 2 is 1.93 bits per heavy atom. The summed E-state index contributed by atoms with van der Waals surface area (Å²) >= 11 is 5.90. The van der Waals surface area contributed by atoms with Crippen LogP contribution in [0.3, 0.4) is 0 Å².